The third kappa shape index (κ3) is 5.15. The summed E-state index contributed by atoms with van der Waals surface area (Å²) in [4.78, 5) is 18.8. The van der Waals surface area contributed by atoms with Crippen molar-refractivity contribution in [3.63, 3.8) is 0 Å². The average Bonchev–Trinajstić information content (AvgIpc) is 2.82. The minimum absolute atomic E-state index is 0.757. The van der Waals surface area contributed by atoms with Gasteiger partial charge in [0.05, 0.1) is 0 Å². The van der Waals surface area contributed by atoms with E-state index in [1.54, 1.807) is 0 Å². The highest BCUT2D eigenvalue weighted by molar-refractivity contribution is 5.80. The smallest absolute Gasteiger partial charge is 0.194 e. The van der Waals surface area contributed by atoms with Gasteiger partial charge in [0.2, 0.25) is 0 Å². The summed E-state index contributed by atoms with van der Waals surface area (Å²) in [7, 11) is 4.06. The molecular formula is C25H37N7. The number of guanidine groups is 1. The first-order chi connectivity index (χ1) is 15.5. The summed E-state index contributed by atoms with van der Waals surface area (Å²) in [6.45, 7) is 13.4. The van der Waals surface area contributed by atoms with Crippen molar-refractivity contribution in [3.05, 3.63) is 53.2 Å². The number of piperazine rings is 2. The number of rotatable bonds is 4. The van der Waals surface area contributed by atoms with Crippen molar-refractivity contribution in [2.45, 2.75) is 20.4 Å². The van der Waals surface area contributed by atoms with Crippen molar-refractivity contribution in [3.8, 4) is 0 Å². The lowest BCUT2D eigenvalue weighted by Crippen LogP contribution is -2.52. The second kappa shape index (κ2) is 10.2. The van der Waals surface area contributed by atoms with Gasteiger partial charge in [0.15, 0.2) is 5.96 Å². The van der Waals surface area contributed by atoms with E-state index >= 15 is 0 Å². The number of nitrogens with zero attached hydrogens (tertiary/aromatic N) is 6. The van der Waals surface area contributed by atoms with Crippen LogP contribution in [-0.4, -0.2) is 87.2 Å². The molecule has 0 bridgehead atoms. The Bertz CT molecular complexity index is 926. The molecule has 1 aromatic carbocycles. The summed E-state index contributed by atoms with van der Waals surface area (Å²) in [5.74, 6) is 2.05. The van der Waals surface area contributed by atoms with Crippen LogP contribution in [0.2, 0.25) is 0 Å². The van der Waals surface area contributed by atoms with E-state index in [0.717, 1.165) is 70.7 Å². The number of pyridine rings is 1. The van der Waals surface area contributed by atoms with Crippen LogP contribution >= 0.6 is 0 Å². The molecule has 2 saturated heterocycles. The molecule has 3 heterocycles. The summed E-state index contributed by atoms with van der Waals surface area (Å²) in [6, 6.07) is 10.9. The zero-order chi connectivity index (χ0) is 22.5. The number of hydrogen-bond donors (Lipinski definition) is 1. The number of hydrogen-bond acceptors (Lipinski definition) is 5. The lowest BCUT2D eigenvalue weighted by atomic mass is 10.1. The molecule has 2 aliphatic rings. The van der Waals surface area contributed by atoms with Crippen LogP contribution < -0.4 is 15.1 Å². The van der Waals surface area contributed by atoms with Crippen LogP contribution in [-0.2, 0) is 6.54 Å². The highest BCUT2D eigenvalue weighted by atomic mass is 15.3. The molecule has 2 fully saturated rings. The Morgan fingerprint density at radius 3 is 2.41 bits per heavy atom. The van der Waals surface area contributed by atoms with Crippen LogP contribution in [0.5, 0.6) is 0 Å². The fourth-order valence-electron chi connectivity index (χ4n) is 4.53. The zero-order valence-corrected chi connectivity index (χ0v) is 20.0. The number of nitrogens with one attached hydrogen (secondary N) is 1. The van der Waals surface area contributed by atoms with Gasteiger partial charge in [-0.05, 0) is 55.8 Å². The Morgan fingerprint density at radius 1 is 0.969 bits per heavy atom. The topological polar surface area (TPSA) is 50.2 Å². The van der Waals surface area contributed by atoms with Crippen LogP contribution in [0.1, 0.15) is 16.7 Å². The van der Waals surface area contributed by atoms with Crippen molar-refractivity contribution < 1.29 is 0 Å². The molecule has 7 heteroatoms. The van der Waals surface area contributed by atoms with E-state index < -0.39 is 0 Å². The molecule has 0 amide bonds. The molecule has 0 saturated carbocycles. The van der Waals surface area contributed by atoms with Gasteiger partial charge in [0.1, 0.15) is 5.82 Å². The second-order valence-electron chi connectivity index (χ2n) is 8.91. The Morgan fingerprint density at radius 2 is 1.69 bits per heavy atom. The molecular weight excluding hydrogens is 398 g/mol. The van der Waals surface area contributed by atoms with E-state index in [1.165, 1.54) is 22.4 Å². The van der Waals surface area contributed by atoms with Gasteiger partial charge in [-0.1, -0.05) is 12.1 Å². The third-order valence-electron chi connectivity index (χ3n) is 6.80. The molecule has 2 aromatic rings. The number of aliphatic imine (C=N–C) groups is 1. The molecule has 2 aliphatic heterocycles. The highest BCUT2D eigenvalue weighted by Crippen LogP contribution is 2.24. The van der Waals surface area contributed by atoms with Crippen molar-refractivity contribution in [2.75, 3.05) is 76.3 Å². The molecule has 1 aromatic heterocycles. The van der Waals surface area contributed by atoms with Gasteiger partial charge in [0.25, 0.3) is 0 Å². The lowest BCUT2D eigenvalue weighted by molar-refractivity contribution is 0.312. The van der Waals surface area contributed by atoms with Gasteiger partial charge < -0.3 is 24.9 Å². The normalized spacial score (nSPS) is 18.2. The Balaban J connectivity index is 1.32. The molecule has 0 aliphatic carbocycles. The summed E-state index contributed by atoms with van der Waals surface area (Å²) < 4.78 is 0. The van der Waals surface area contributed by atoms with Gasteiger partial charge in [-0.3, -0.25) is 4.99 Å². The van der Waals surface area contributed by atoms with Crippen LogP contribution in [0.15, 0.2) is 41.5 Å². The van der Waals surface area contributed by atoms with Crippen molar-refractivity contribution in [1.82, 2.24) is 20.1 Å². The summed E-state index contributed by atoms with van der Waals surface area (Å²) >= 11 is 0. The monoisotopic (exact) mass is 435 g/mol. The SMILES string of the molecule is CN=C(NCc1ccnc(N2CCN(C)CC2)c1)N1CCN(c2cccc(C)c2C)CC1. The summed E-state index contributed by atoms with van der Waals surface area (Å²) in [6.07, 6.45) is 1.93. The molecule has 0 atom stereocenters. The van der Waals surface area contributed by atoms with Crippen molar-refractivity contribution in [1.29, 1.82) is 0 Å². The fourth-order valence-corrected chi connectivity index (χ4v) is 4.53. The lowest BCUT2D eigenvalue weighted by Gasteiger charge is -2.38. The van der Waals surface area contributed by atoms with Gasteiger partial charge in [-0.25, -0.2) is 4.98 Å². The molecule has 1 N–H and O–H groups in total. The van der Waals surface area contributed by atoms with Crippen LogP contribution in [0.25, 0.3) is 0 Å². The Labute approximate surface area is 192 Å². The number of anilines is 2. The van der Waals surface area contributed by atoms with E-state index in [1.807, 2.05) is 13.2 Å². The Hall–Kier alpha value is -2.80. The minimum Gasteiger partial charge on any atom is -0.368 e. The fraction of sp³-hybridized carbons (Fsp3) is 0.520. The molecule has 7 nitrogen and oxygen atoms in total. The van der Waals surface area contributed by atoms with Crippen LogP contribution in [0.3, 0.4) is 0 Å². The van der Waals surface area contributed by atoms with E-state index in [2.05, 4.69) is 86.1 Å². The quantitative estimate of drug-likeness (QED) is 0.588. The van der Waals surface area contributed by atoms with Gasteiger partial charge >= 0.3 is 0 Å². The predicted molar refractivity (Wildman–Crippen MR) is 134 cm³/mol. The second-order valence-corrected chi connectivity index (χ2v) is 8.91. The third-order valence-corrected chi connectivity index (χ3v) is 6.80. The molecule has 0 unspecified atom stereocenters. The average molecular weight is 436 g/mol. The summed E-state index contributed by atoms with van der Waals surface area (Å²) in [5.41, 5.74) is 5.35. The molecule has 0 radical (unpaired) electrons. The number of aryl methyl sites for hydroxylation is 1. The maximum atomic E-state index is 4.61. The molecule has 0 spiro atoms. The highest BCUT2D eigenvalue weighted by Gasteiger charge is 2.21. The zero-order valence-electron chi connectivity index (χ0n) is 20.0. The maximum absolute atomic E-state index is 4.61. The standard InChI is InChI=1S/C25H37N7/c1-20-6-5-7-23(21(20)2)30-14-16-32(17-15-30)25(26-3)28-19-22-8-9-27-24(18-22)31-12-10-29(4)11-13-31/h5-9,18H,10-17,19H2,1-4H3,(H,26,28). The molecule has 172 valence electrons. The van der Waals surface area contributed by atoms with E-state index in [0.29, 0.717) is 0 Å². The van der Waals surface area contributed by atoms with Gasteiger partial charge in [-0.15, -0.1) is 0 Å². The number of likely N-dealkylation sites (N-methyl/N-ethyl adjacent to an activating group) is 1. The Kier molecular flexibility index (Phi) is 7.15. The van der Waals surface area contributed by atoms with Gasteiger partial charge in [0, 0.05) is 77.8 Å². The first-order valence-corrected chi connectivity index (χ1v) is 11.7. The number of aromatic nitrogens is 1. The van der Waals surface area contributed by atoms with Crippen molar-refractivity contribution in [2.24, 2.45) is 4.99 Å². The van der Waals surface area contributed by atoms with Crippen LogP contribution in [0.4, 0.5) is 11.5 Å². The largest absolute Gasteiger partial charge is 0.368 e. The molecule has 4 rings (SSSR count). The number of benzene rings is 1. The van der Waals surface area contributed by atoms with Crippen molar-refractivity contribution >= 4 is 17.5 Å². The van der Waals surface area contributed by atoms with Gasteiger partial charge in [-0.2, -0.15) is 0 Å². The maximum Gasteiger partial charge on any atom is 0.194 e. The van der Waals surface area contributed by atoms with E-state index in [-0.39, 0.29) is 0 Å². The predicted octanol–water partition coefficient (Wildman–Crippen LogP) is 2.35. The minimum atomic E-state index is 0.757. The van der Waals surface area contributed by atoms with Crippen LogP contribution in [0, 0.1) is 13.8 Å². The van der Waals surface area contributed by atoms with E-state index in [9.17, 15) is 0 Å². The summed E-state index contributed by atoms with van der Waals surface area (Å²) in [5, 5.41) is 3.57. The van der Waals surface area contributed by atoms with E-state index in [4.69, 9.17) is 0 Å². The first-order valence-electron chi connectivity index (χ1n) is 11.7. The molecule has 32 heavy (non-hydrogen) atoms. The first kappa shape index (κ1) is 22.4.